The molecule has 2 atom stereocenters. The van der Waals surface area contributed by atoms with E-state index in [2.05, 4.69) is 12.2 Å². The molecule has 0 aliphatic rings. The Morgan fingerprint density at radius 3 is 2.44 bits per heavy atom. The predicted octanol–water partition coefficient (Wildman–Crippen LogP) is 3.67. The number of carbonyl (C=O) groups is 1. The van der Waals surface area contributed by atoms with E-state index in [0.29, 0.717) is 6.54 Å². The third kappa shape index (κ3) is 5.04. The van der Waals surface area contributed by atoms with Gasteiger partial charge < -0.3 is 10.1 Å². The van der Waals surface area contributed by atoms with Crippen LogP contribution in [0.15, 0.2) is 54.6 Å². The Kier molecular flexibility index (Phi) is 6.51. The molecule has 0 aliphatic carbocycles. The smallest absolute Gasteiger partial charge is 0.310 e. The zero-order chi connectivity index (χ0) is 18.2. The summed E-state index contributed by atoms with van der Waals surface area (Å²) in [5, 5.41) is 13.9. The van der Waals surface area contributed by atoms with Gasteiger partial charge in [-0.2, -0.15) is 0 Å². The molecular weight excluding hydrogens is 320 g/mol. The second kappa shape index (κ2) is 8.82. The van der Waals surface area contributed by atoms with Crippen molar-refractivity contribution in [2.24, 2.45) is 0 Å². The summed E-state index contributed by atoms with van der Waals surface area (Å²) in [5.74, 6) is 0.00111. The van der Waals surface area contributed by atoms with Crippen LogP contribution in [-0.4, -0.2) is 23.5 Å². The first-order chi connectivity index (χ1) is 12.0. The molecule has 0 saturated heterocycles. The number of rotatable bonds is 8. The Balaban J connectivity index is 1.95. The van der Waals surface area contributed by atoms with Gasteiger partial charge in [0.2, 0.25) is 0 Å². The van der Waals surface area contributed by atoms with Crippen LogP contribution in [0.1, 0.15) is 31.7 Å². The highest BCUT2D eigenvalue weighted by Gasteiger charge is 2.21. The molecule has 0 unspecified atom stereocenters. The number of nitro groups is 1. The van der Waals surface area contributed by atoms with Gasteiger partial charge in [0.1, 0.15) is 0 Å². The van der Waals surface area contributed by atoms with Crippen LogP contribution in [0.4, 0.5) is 5.69 Å². The molecule has 0 aromatic heterocycles. The van der Waals surface area contributed by atoms with E-state index in [4.69, 9.17) is 4.74 Å². The minimum Gasteiger partial charge on any atom is -0.474 e. The Labute approximate surface area is 147 Å². The Hall–Kier alpha value is -2.89. The summed E-state index contributed by atoms with van der Waals surface area (Å²) < 4.78 is 5.49. The van der Waals surface area contributed by atoms with Gasteiger partial charge in [0, 0.05) is 18.5 Å². The molecule has 0 radical (unpaired) electrons. The largest absolute Gasteiger partial charge is 0.474 e. The van der Waals surface area contributed by atoms with E-state index in [-0.39, 0.29) is 23.3 Å². The van der Waals surface area contributed by atoms with E-state index in [1.54, 1.807) is 19.1 Å². The molecule has 1 N–H and O–H groups in total. The zero-order valence-corrected chi connectivity index (χ0v) is 14.3. The van der Waals surface area contributed by atoms with Crippen LogP contribution in [0, 0.1) is 10.1 Å². The van der Waals surface area contributed by atoms with Crippen molar-refractivity contribution < 1.29 is 14.5 Å². The van der Waals surface area contributed by atoms with Crippen LogP contribution in [0.2, 0.25) is 0 Å². The molecule has 1 amide bonds. The first-order valence-corrected chi connectivity index (χ1v) is 8.25. The van der Waals surface area contributed by atoms with Crippen molar-refractivity contribution in [2.75, 3.05) is 6.54 Å². The van der Waals surface area contributed by atoms with Gasteiger partial charge in [0.05, 0.1) is 4.92 Å². The zero-order valence-electron chi connectivity index (χ0n) is 14.3. The summed E-state index contributed by atoms with van der Waals surface area (Å²) in [6.45, 7) is 4.14. The molecule has 2 rings (SSSR count). The standard InChI is InChI=1S/C19H22N2O4/c1-3-15(16-9-5-4-6-10-16)13-20-19(22)14(2)25-18-12-8-7-11-17(18)21(23)24/h4-12,14-15H,3,13H2,1-2H3,(H,20,22)/t14-,15+/m0/s1. The predicted molar refractivity (Wildman–Crippen MR) is 95.7 cm³/mol. The van der Waals surface area contributed by atoms with Gasteiger partial charge in [-0.1, -0.05) is 49.4 Å². The fraction of sp³-hybridized carbons (Fsp3) is 0.316. The molecule has 2 aromatic carbocycles. The summed E-state index contributed by atoms with van der Waals surface area (Å²) in [6.07, 6.45) is 0.0679. The van der Waals surface area contributed by atoms with Crippen LogP contribution in [0.25, 0.3) is 0 Å². The topological polar surface area (TPSA) is 81.5 Å². The summed E-state index contributed by atoms with van der Waals surface area (Å²) in [4.78, 5) is 22.8. The molecule has 0 spiro atoms. The molecule has 0 fully saturated rings. The van der Waals surface area contributed by atoms with Crippen LogP contribution < -0.4 is 10.1 Å². The van der Waals surface area contributed by atoms with Gasteiger partial charge in [-0.15, -0.1) is 0 Å². The lowest BCUT2D eigenvalue weighted by Gasteiger charge is -2.19. The minimum absolute atomic E-state index is 0.0882. The molecule has 0 aliphatic heterocycles. The first kappa shape index (κ1) is 18.4. The number of nitro benzene ring substituents is 1. The number of amides is 1. The van der Waals surface area contributed by atoms with Crippen molar-refractivity contribution in [2.45, 2.75) is 32.3 Å². The lowest BCUT2D eigenvalue weighted by atomic mass is 9.96. The van der Waals surface area contributed by atoms with E-state index in [1.165, 1.54) is 12.1 Å². The highest BCUT2D eigenvalue weighted by molar-refractivity contribution is 5.80. The van der Waals surface area contributed by atoms with Gasteiger partial charge >= 0.3 is 5.69 Å². The van der Waals surface area contributed by atoms with E-state index in [9.17, 15) is 14.9 Å². The van der Waals surface area contributed by atoms with E-state index < -0.39 is 11.0 Å². The van der Waals surface area contributed by atoms with Crippen LogP contribution in [0.5, 0.6) is 5.75 Å². The summed E-state index contributed by atoms with van der Waals surface area (Å²) in [5.41, 5.74) is 1.01. The maximum absolute atomic E-state index is 12.3. The van der Waals surface area contributed by atoms with Crippen molar-refractivity contribution >= 4 is 11.6 Å². The number of ether oxygens (including phenoxy) is 1. The quantitative estimate of drug-likeness (QED) is 0.586. The number of benzene rings is 2. The van der Waals surface area contributed by atoms with Gasteiger partial charge in [-0.3, -0.25) is 14.9 Å². The third-order valence-electron chi connectivity index (χ3n) is 4.02. The molecule has 2 aromatic rings. The summed E-state index contributed by atoms with van der Waals surface area (Å²) in [7, 11) is 0. The molecule has 0 heterocycles. The number of nitrogens with zero attached hydrogens (tertiary/aromatic N) is 1. The molecule has 6 heteroatoms. The Bertz CT molecular complexity index is 718. The van der Waals surface area contributed by atoms with Crippen LogP contribution in [0.3, 0.4) is 0 Å². The van der Waals surface area contributed by atoms with Crippen molar-refractivity contribution in [3.8, 4) is 5.75 Å². The Morgan fingerprint density at radius 1 is 1.16 bits per heavy atom. The number of nitrogens with one attached hydrogen (secondary N) is 1. The average Bonchev–Trinajstić information content (AvgIpc) is 2.63. The van der Waals surface area contributed by atoms with Crippen molar-refractivity contribution in [3.63, 3.8) is 0 Å². The minimum atomic E-state index is -0.825. The lowest BCUT2D eigenvalue weighted by molar-refractivity contribution is -0.386. The normalized spacial score (nSPS) is 12.9. The van der Waals surface area contributed by atoms with Crippen molar-refractivity contribution in [1.82, 2.24) is 5.32 Å². The molecular formula is C19H22N2O4. The highest BCUT2D eigenvalue weighted by Crippen LogP contribution is 2.26. The number of hydrogen-bond donors (Lipinski definition) is 1. The number of carbonyl (C=O) groups excluding carboxylic acids is 1. The molecule has 6 nitrogen and oxygen atoms in total. The second-order valence-electron chi connectivity index (χ2n) is 5.75. The summed E-state index contributed by atoms with van der Waals surface area (Å²) >= 11 is 0. The number of hydrogen-bond acceptors (Lipinski definition) is 4. The average molecular weight is 342 g/mol. The van der Waals surface area contributed by atoms with Crippen LogP contribution in [-0.2, 0) is 4.79 Å². The fourth-order valence-electron chi connectivity index (χ4n) is 2.54. The van der Waals surface area contributed by atoms with Gasteiger partial charge in [0.15, 0.2) is 11.9 Å². The number of para-hydroxylation sites is 2. The highest BCUT2D eigenvalue weighted by atomic mass is 16.6. The van der Waals surface area contributed by atoms with E-state index >= 15 is 0 Å². The molecule has 132 valence electrons. The second-order valence-corrected chi connectivity index (χ2v) is 5.75. The van der Waals surface area contributed by atoms with Crippen LogP contribution >= 0.6 is 0 Å². The van der Waals surface area contributed by atoms with Gasteiger partial charge in [0.25, 0.3) is 5.91 Å². The fourth-order valence-corrected chi connectivity index (χ4v) is 2.54. The van der Waals surface area contributed by atoms with Gasteiger partial charge in [-0.05, 0) is 25.0 Å². The summed E-state index contributed by atoms with van der Waals surface area (Å²) in [6, 6.07) is 16.0. The monoisotopic (exact) mass is 342 g/mol. The van der Waals surface area contributed by atoms with E-state index in [0.717, 1.165) is 12.0 Å². The van der Waals surface area contributed by atoms with Gasteiger partial charge in [-0.25, -0.2) is 0 Å². The van der Waals surface area contributed by atoms with Crippen molar-refractivity contribution in [1.29, 1.82) is 0 Å². The van der Waals surface area contributed by atoms with Crippen molar-refractivity contribution in [3.05, 3.63) is 70.3 Å². The molecule has 0 bridgehead atoms. The maximum Gasteiger partial charge on any atom is 0.310 e. The lowest BCUT2D eigenvalue weighted by Crippen LogP contribution is -2.38. The maximum atomic E-state index is 12.3. The first-order valence-electron chi connectivity index (χ1n) is 8.25. The molecule has 0 saturated carbocycles. The Morgan fingerprint density at radius 2 is 1.80 bits per heavy atom. The molecule has 25 heavy (non-hydrogen) atoms. The van der Waals surface area contributed by atoms with E-state index in [1.807, 2.05) is 30.3 Å². The third-order valence-corrected chi connectivity index (χ3v) is 4.02. The SMILES string of the molecule is CC[C@H](CNC(=O)[C@H](C)Oc1ccccc1[N+](=O)[O-])c1ccccc1.